The molecule has 2 aromatic carbocycles. The highest BCUT2D eigenvalue weighted by molar-refractivity contribution is 5.95. The van der Waals surface area contributed by atoms with Crippen molar-refractivity contribution in [3.8, 4) is 11.5 Å². The summed E-state index contributed by atoms with van der Waals surface area (Å²) in [5.74, 6) is -1.33. The van der Waals surface area contributed by atoms with Crippen LogP contribution in [-0.4, -0.2) is 5.91 Å². The molecule has 126 valence electrons. The second-order valence-corrected chi connectivity index (χ2v) is 5.63. The molecule has 3 nitrogen and oxygen atoms in total. The smallest absolute Gasteiger partial charge is 0.416 e. The number of amides is 1. The lowest BCUT2D eigenvalue weighted by atomic mass is 10.1. The molecule has 0 radical (unpaired) electrons. The summed E-state index contributed by atoms with van der Waals surface area (Å²) in [7, 11) is 0. The summed E-state index contributed by atoms with van der Waals surface area (Å²) in [6.45, 7) is 0. The highest BCUT2D eigenvalue weighted by atomic mass is 19.4. The Hall–Kier alpha value is -2.57. The molecule has 1 aliphatic carbocycles. The van der Waals surface area contributed by atoms with Crippen LogP contribution in [0.3, 0.4) is 0 Å². The molecule has 0 bridgehead atoms. The van der Waals surface area contributed by atoms with E-state index in [2.05, 4.69) is 0 Å². The molecule has 1 aliphatic rings. The number of halogens is 4. The molecule has 1 saturated carbocycles. The van der Waals surface area contributed by atoms with Gasteiger partial charge in [0.25, 0.3) is 5.91 Å². The Kier molecular flexibility index (Phi) is 3.95. The van der Waals surface area contributed by atoms with E-state index < -0.39 is 23.5 Å². The SMILES string of the molecule is NC(=O)c1ccc(C(F)(F)F)cc1Oc1ccc(F)cc1C1CC1. The molecule has 0 unspecified atom stereocenters. The lowest BCUT2D eigenvalue weighted by Gasteiger charge is -2.15. The number of nitrogens with two attached hydrogens (primary N) is 1. The van der Waals surface area contributed by atoms with Crippen LogP contribution in [0.25, 0.3) is 0 Å². The van der Waals surface area contributed by atoms with Crippen LogP contribution in [0.1, 0.15) is 40.2 Å². The van der Waals surface area contributed by atoms with E-state index >= 15 is 0 Å². The number of alkyl halides is 3. The molecule has 2 N–H and O–H groups in total. The van der Waals surface area contributed by atoms with Crippen LogP contribution >= 0.6 is 0 Å². The van der Waals surface area contributed by atoms with Crippen molar-refractivity contribution in [3.63, 3.8) is 0 Å². The van der Waals surface area contributed by atoms with Crippen molar-refractivity contribution in [2.45, 2.75) is 24.9 Å². The summed E-state index contributed by atoms with van der Waals surface area (Å²) in [6.07, 6.45) is -2.88. The Morgan fingerprint density at radius 3 is 2.38 bits per heavy atom. The lowest BCUT2D eigenvalue weighted by Crippen LogP contribution is -2.14. The quantitative estimate of drug-likeness (QED) is 0.827. The summed E-state index contributed by atoms with van der Waals surface area (Å²) in [5, 5.41) is 0. The van der Waals surface area contributed by atoms with Gasteiger partial charge in [-0.1, -0.05) is 0 Å². The number of ether oxygens (including phenoxy) is 1. The fourth-order valence-electron chi connectivity index (χ4n) is 2.43. The van der Waals surface area contributed by atoms with Gasteiger partial charge < -0.3 is 10.5 Å². The van der Waals surface area contributed by atoms with Gasteiger partial charge in [-0.2, -0.15) is 13.2 Å². The maximum Gasteiger partial charge on any atom is 0.416 e. The molecule has 24 heavy (non-hydrogen) atoms. The Morgan fingerprint density at radius 2 is 1.79 bits per heavy atom. The molecular formula is C17H13F4NO2. The lowest BCUT2D eigenvalue weighted by molar-refractivity contribution is -0.137. The van der Waals surface area contributed by atoms with E-state index in [1.807, 2.05) is 0 Å². The van der Waals surface area contributed by atoms with Crippen molar-refractivity contribution < 1.29 is 27.1 Å². The van der Waals surface area contributed by atoms with Gasteiger partial charge in [0.1, 0.15) is 17.3 Å². The number of benzene rings is 2. The monoisotopic (exact) mass is 339 g/mol. The van der Waals surface area contributed by atoms with E-state index in [-0.39, 0.29) is 23.0 Å². The van der Waals surface area contributed by atoms with Gasteiger partial charge in [0.2, 0.25) is 0 Å². The Balaban J connectivity index is 2.04. The standard InChI is InChI=1S/C17H13F4NO2/c18-11-4-6-14(13(8-11)9-1-2-9)24-15-7-10(17(19,20)21)3-5-12(15)16(22)23/h3-9H,1-2H2,(H2,22,23). The Morgan fingerprint density at radius 1 is 1.08 bits per heavy atom. The Bertz CT molecular complexity index is 798. The van der Waals surface area contributed by atoms with Gasteiger partial charge in [-0.15, -0.1) is 0 Å². The highest BCUT2D eigenvalue weighted by Gasteiger charge is 2.32. The third-order valence-electron chi connectivity index (χ3n) is 3.78. The van der Waals surface area contributed by atoms with Crippen LogP contribution in [-0.2, 0) is 6.18 Å². The molecule has 0 heterocycles. The highest BCUT2D eigenvalue weighted by Crippen LogP contribution is 2.46. The average molecular weight is 339 g/mol. The van der Waals surface area contributed by atoms with Crippen molar-refractivity contribution >= 4 is 5.91 Å². The van der Waals surface area contributed by atoms with Crippen LogP contribution in [0.5, 0.6) is 11.5 Å². The second kappa shape index (κ2) is 5.81. The fourth-order valence-corrected chi connectivity index (χ4v) is 2.43. The first-order chi connectivity index (χ1) is 11.3. The fraction of sp³-hybridized carbons (Fsp3) is 0.235. The summed E-state index contributed by atoms with van der Waals surface area (Å²) in [4.78, 5) is 11.5. The van der Waals surface area contributed by atoms with Crippen molar-refractivity contribution in [1.29, 1.82) is 0 Å². The zero-order valence-corrected chi connectivity index (χ0v) is 12.4. The van der Waals surface area contributed by atoms with Crippen molar-refractivity contribution in [2.24, 2.45) is 5.73 Å². The molecule has 3 rings (SSSR count). The minimum Gasteiger partial charge on any atom is -0.456 e. The molecule has 0 aliphatic heterocycles. The average Bonchev–Trinajstić information content (AvgIpc) is 3.32. The first-order valence-corrected chi connectivity index (χ1v) is 7.24. The maximum atomic E-state index is 13.4. The van der Waals surface area contributed by atoms with Crippen LogP contribution in [0.2, 0.25) is 0 Å². The second-order valence-electron chi connectivity index (χ2n) is 5.63. The van der Waals surface area contributed by atoms with E-state index in [1.165, 1.54) is 12.1 Å². The van der Waals surface area contributed by atoms with Crippen molar-refractivity contribution in [1.82, 2.24) is 0 Å². The van der Waals surface area contributed by atoms with E-state index in [9.17, 15) is 22.4 Å². The summed E-state index contributed by atoms with van der Waals surface area (Å²) < 4.78 is 57.6. The summed E-state index contributed by atoms with van der Waals surface area (Å²) in [6, 6.07) is 6.25. The topological polar surface area (TPSA) is 52.3 Å². The largest absolute Gasteiger partial charge is 0.456 e. The number of carbonyl (C=O) groups excluding carboxylic acids is 1. The molecule has 0 atom stereocenters. The molecule has 0 saturated heterocycles. The van der Waals surface area contributed by atoms with Gasteiger partial charge in [0.05, 0.1) is 11.1 Å². The van der Waals surface area contributed by atoms with Gasteiger partial charge in [-0.3, -0.25) is 4.79 Å². The van der Waals surface area contributed by atoms with Crippen molar-refractivity contribution in [2.75, 3.05) is 0 Å². The first-order valence-electron chi connectivity index (χ1n) is 7.24. The van der Waals surface area contributed by atoms with E-state index in [0.717, 1.165) is 37.1 Å². The molecule has 1 fully saturated rings. The molecule has 7 heteroatoms. The molecule has 1 amide bonds. The van der Waals surface area contributed by atoms with E-state index in [1.54, 1.807) is 0 Å². The number of hydrogen-bond acceptors (Lipinski definition) is 2. The minimum absolute atomic E-state index is 0.110. The molecular weight excluding hydrogens is 326 g/mol. The third-order valence-corrected chi connectivity index (χ3v) is 3.78. The predicted octanol–water partition coefficient (Wildman–Crippen LogP) is 4.61. The van der Waals surface area contributed by atoms with Crippen LogP contribution in [0, 0.1) is 5.82 Å². The van der Waals surface area contributed by atoms with E-state index in [0.29, 0.717) is 5.56 Å². The summed E-state index contributed by atoms with van der Waals surface area (Å²) in [5.41, 5.74) is 4.64. The third kappa shape index (κ3) is 3.34. The first kappa shape index (κ1) is 16.3. The van der Waals surface area contributed by atoms with Crippen molar-refractivity contribution in [3.05, 3.63) is 58.9 Å². The number of carbonyl (C=O) groups is 1. The van der Waals surface area contributed by atoms with Gasteiger partial charge in [0.15, 0.2) is 0 Å². The van der Waals surface area contributed by atoms with Crippen LogP contribution in [0.4, 0.5) is 17.6 Å². The minimum atomic E-state index is -4.59. The number of hydrogen-bond donors (Lipinski definition) is 1. The van der Waals surface area contributed by atoms with Gasteiger partial charge >= 0.3 is 6.18 Å². The van der Waals surface area contributed by atoms with Crippen LogP contribution in [0.15, 0.2) is 36.4 Å². The number of rotatable bonds is 4. The summed E-state index contributed by atoms with van der Waals surface area (Å²) >= 11 is 0. The molecule has 0 aromatic heterocycles. The normalized spacial score (nSPS) is 14.5. The molecule has 2 aromatic rings. The van der Waals surface area contributed by atoms with Crippen LogP contribution < -0.4 is 10.5 Å². The van der Waals surface area contributed by atoms with E-state index in [4.69, 9.17) is 10.5 Å². The Labute approximate surface area is 135 Å². The predicted molar refractivity (Wildman–Crippen MR) is 78.4 cm³/mol. The van der Waals surface area contributed by atoms with Gasteiger partial charge in [-0.05, 0) is 55.2 Å². The zero-order chi connectivity index (χ0) is 17.5. The van der Waals surface area contributed by atoms with Gasteiger partial charge in [0, 0.05) is 5.56 Å². The maximum absolute atomic E-state index is 13.4. The zero-order valence-electron chi connectivity index (χ0n) is 12.4. The molecule has 0 spiro atoms. The van der Waals surface area contributed by atoms with Gasteiger partial charge in [-0.25, -0.2) is 4.39 Å². The number of primary amides is 1.